The van der Waals surface area contributed by atoms with Crippen LogP contribution in [0.15, 0.2) is 0 Å². The van der Waals surface area contributed by atoms with Gasteiger partial charge in [0.05, 0.1) is 0 Å². The van der Waals surface area contributed by atoms with Crippen molar-refractivity contribution in [3.8, 4) is 6.07 Å². The second-order valence-electron chi connectivity index (χ2n) is 3.46. The monoisotopic (exact) mass is 212 g/mol. The summed E-state index contributed by atoms with van der Waals surface area (Å²) >= 11 is 0. The summed E-state index contributed by atoms with van der Waals surface area (Å²) in [5.41, 5.74) is -1.18. The van der Waals surface area contributed by atoms with E-state index in [0.29, 0.717) is 12.8 Å². The lowest BCUT2D eigenvalue weighted by Crippen LogP contribution is -2.39. The van der Waals surface area contributed by atoms with E-state index in [9.17, 15) is 9.59 Å². The van der Waals surface area contributed by atoms with Crippen LogP contribution in [0.25, 0.3) is 0 Å². The molecule has 0 amide bonds. The van der Waals surface area contributed by atoms with Gasteiger partial charge in [-0.25, -0.2) is 9.59 Å². The van der Waals surface area contributed by atoms with Crippen LogP contribution in [-0.4, -0.2) is 17.5 Å². The normalized spacial score (nSPS) is 18.7. The molecule has 0 aliphatic heterocycles. The highest BCUT2D eigenvalue weighted by atomic mass is 16.7. The van der Waals surface area contributed by atoms with E-state index in [2.05, 4.69) is 10.7 Å². The second-order valence-corrected chi connectivity index (χ2v) is 3.46. The quantitative estimate of drug-likeness (QED) is 0.377. The van der Waals surface area contributed by atoms with Gasteiger partial charge in [-0.15, -0.1) is 0 Å². The smallest absolute Gasteiger partial charge is 0.435 e. The van der Waals surface area contributed by atoms with Gasteiger partial charge in [0.1, 0.15) is 6.07 Å². The molecule has 15 heavy (non-hydrogen) atoms. The van der Waals surface area contributed by atoms with Crippen LogP contribution < -0.4 is 5.90 Å². The van der Waals surface area contributed by atoms with Gasteiger partial charge in [-0.2, -0.15) is 11.2 Å². The maximum Gasteiger partial charge on any atom is 0.435 e. The van der Waals surface area contributed by atoms with Crippen LogP contribution in [0.2, 0.25) is 0 Å². The molecule has 0 bridgehead atoms. The van der Waals surface area contributed by atoms with E-state index >= 15 is 0 Å². The third-order valence-corrected chi connectivity index (χ3v) is 2.43. The second kappa shape index (κ2) is 4.75. The Morgan fingerprint density at radius 1 is 1.20 bits per heavy atom. The summed E-state index contributed by atoms with van der Waals surface area (Å²) in [6, 6.07) is 1.94. The van der Waals surface area contributed by atoms with Gasteiger partial charge in [-0.05, 0) is 12.8 Å². The highest BCUT2D eigenvalue weighted by Gasteiger charge is 2.38. The Labute approximate surface area is 86.9 Å². The molecule has 1 saturated carbocycles. The summed E-state index contributed by atoms with van der Waals surface area (Å²) in [6.07, 6.45) is 3.51. The maximum atomic E-state index is 11.1. The molecule has 82 valence electrons. The average molecular weight is 212 g/mol. The first-order chi connectivity index (χ1) is 7.13. The van der Waals surface area contributed by atoms with Gasteiger partial charge in [0.15, 0.2) is 5.60 Å². The summed E-state index contributed by atoms with van der Waals surface area (Å²) < 4.78 is 4.83. The highest BCUT2D eigenvalue weighted by Crippen LogP contribution is 2.31. The van der Waals surface area contributed by atoms with Gasteiger partial charge in [0, 0.05) is 12.8 Å². The number of carbonyl (C=O) groups is 2. The van der Waals surface area contributed by atoms with Crippen molar-refractivity contribution in [1.82, 2.24) is 0 Å². The molecular formula is C9H12N2O4. The first-order valence-corrected chi connectivity index (χ1v) is 4.69. The number of nitriles is 1. The van der Waals surface area contributed by atoms with E-state index in [1.165, 1.54) is 0 Å². The lowest BCUT2D eigenvalue weighted by atomic mass is 9.86. The molecule has 6 nitrogen and oxygen atoms in total. The Bertz CT molecular complexity index is 302. The van der Waals surface area contributed by atoms with E-state index in [1.807, 2.05) is 6.07 Å². The molecule has 0 aromatic heterocycles. The summed E-state index contributed by atoms with van der Waals surface area (Å²) in [4.78, 5) is 25.5. The predicted octanol–water partition coefficient (Wildman–Crippen LogP) is 0.173. The van der Waals surface area contributed by atoms with Gasteiger partial charge in [0.2, 0.25) is 0 Å². The van der Waals surface area contributed by atoms with Crippen LogP contribution in [0.3, 0.4) is 0 Å². The maximum absolute atomic E-state index is 11.1. The SMILES string of the molecule is N#CC1(OC(=O)C(=O)ON)CCCCC1. The average Bonchev–Trinajstić information content (AvgIpc) is 2.29. The largest absolute Gasteiger partial charge is 0.435 e. The molecule has 0 aromatic carbocycles. The zero-order valence-corrected chi connectivity index (χ0v) is 8.19. The molecule has 1 aliphatic carbocycles. The fourth-order valence-electron chi connectivity index (χ4n) is 1.63. The number of esters is 1. The minimum atomic E-state index is -1.28. The molecule has 0 atom stereocenters. The van der Waals surface area contributed by atoms with E-state index in [1.54, 1.807) is 0 Å². The van der Waals surface area contributed by atoms with E-state index < -0.39 is 17.5 Å². The molecule has 0 radical (unpaired) electrons. The summed E-state index contributed by atoms with van der Waals surface area (Å²) in [7, 11) is 0. The van der Waals surface area contributed by atoms with Gasteiger partial charge < -0.3 is 9.57 Å². The molecule has 0 aromatic rings. The Kier molecular flexibility index (Phi) is 3.63. The highest BCUT2D eigenvalue weighted by molar-refractivity contribution is 6.29. The van der Waals surface area contributed by atoms with Crippen molar-refractivity contribution in [3.05, 3.63) is 0 Å². The number of carbonyl (C=O) groups excluding carboxylic acids is 2. The summed E-state index contributed by atoms with van der Waals surface area (Å²) in [5.74, 6) is 2.04. The lowest BCUT2D eigenvalue weighted by Gasteiger charge is -2.29. The zero-order valence-electron chi connectivity index (χ0n) is 8.19. The number of hydrogen-bond donors (Lipinski definition) is 1. The number of rotatable bonds is 1. The Hall–Kier alpha value is -1.61. The molecule has 2 N–H and O–H groups in total. The first kappa shape index (κ1) is 11.5. The van der Waals surface area contributed by atoms with Gasteiger partial charge >= 0.3 is 11.9 Å². The number of nitrogens with two attached hydrogens (primary N) is 1. The fraction of sp³-hybridized carbons (Fsp3) is 0.667. The van der Waals surface area contributed by atoms with Crippen molar-refractivity contribution in [2.24, 2.45) is 5.90 Å². The zero-order chi connectivity index (χ0) is 11.3. The van der Waals surface area contributed by atoms with Crippen LogP contribution in [0.4, 0.5) is 0 Å². The number of ether oxygens (including phenoxy) is 1. The van der Waals surface area contributed by atoms with Crippen LogP contribution in [-0.2, 0) is 19.2 Å². The summed E-state index contributed by atoms with van der Waals surface area (Å²) in [6.45, 7) is 0. The third-order valence-electron chi connectivity index (χ3n) is 2.43. The summed E-state index contributed by atoms with van der Waals surface area (Å²) in [5, 5.41) is 8.93. The molecule has 1 rings (SSSR count). The van der Waals surface area contributed by atoms with Gasteiger partial charge in [0.25, 0.3) is 0 Å². The van der Waals surface area contributed by atoms with Crippen LogP contribution in [0, 0.1) is 11.3 Å². The van der Waals surface area contributed by atoms with Crippen molar-refractivity contribution < 1.29 is 19.2 Å². The standard InChI is InChI=1S/C9H12N2O4/c10-6-9(4-2-1-3-5-9)14-7(12)8(13)15-11/h1-5,11H2. The molecular weight excluding hydrogens is 200 g/mol. The molecule has 0 unspecified atom stereocenters. The topological polar surface area (TPSA) is 102 Å². The molecule has 6 heteroatoms. The van der Waals surface area contributed by atoms with Crippen molar-refractivity contribution in [3.63, 3.8) is 0 Å². The molecule has 1 fully saturated rings. The molecule has 0 heterocycles. The lowest BCUT2D eigenvalue weighted by molar-refractivity contribution is -0.176. The van der Waals surface area contributed by atoms with Gasteiger partial charge in [-0.1, -0.05) is 6.42 Å². The Balaban J connectivity index is 2.64. The minimum Gasteiger partial charge on any atom is -0.435 e. The van der Waals surface area contributed by atoms with Crippen molar-refractivity contribution >= 4 is 11.9 Å². The van der Waals surface area contributed by atoms with Crippen molar-refractivity contribution in [1.29, 1.82) is 5.26 Å². The van der Waals surface area contributed by atoms with Crippen molar-refractivity contribution in [2.75, 3.05) is 0 Å². The molecule has 0 spiro atoms. The molecule has 0 saturated heterocycles. The fourth-order valence-corrected chi connectivity index (χ4v) is 1.63. The van der Waals surface area contributed by atoms with Crippen LogP contribution in [0.1, 0.15) is 32.1 Å². The third kappa shape index (κ3) is 2.67. The van der Waals surface area contributed by atoms with E-state index in [4.69, 9.17) is 10.00 Å². The minimum absolute atomic E-state index is 0.451. The van der Waals surface area contributed by atoms with Crippen LogP contribution in [0.5, 0.6) is 0 Å². The molecule has 1 aliphatic rings. The Morgan fingerprint density at radius 3 is 2.27 bits per heavy atom. The van der Waals surface area contributed by atoms with E-state index in [-0.39, 0.29) is 0 Å². The number of nitrogens with zero attached hydrogens (tertiary/aromatic N) is 1. The predicted molar refractivity (Wildman–Crippen MR) is 47.8 cm³/mol. The first-order valence-electron chi connectivity index (χ1n) is 4.69. The number of hydrogen-bond acceptors (Lipinski definition) is 6. The van der Waals surface area contributed by atoms with Crippen LogP contribution >= 0.6 is 0 Å². The van der Waals surface area contributed by atoms with Crippen molar-refractivity contribution in [2.45, 2.75) is 37.7 Å². The van der Waals surface area contributed by atoms with E-state index in [0.717, 1.165) is 19.3 Å². The Morgan fingerprint density at radius 2 is 1.80 bits per heavy atom. The van der Waals surface area contributed by atoms with Gasteiger partial charge in [-0.3, -0.25) is 0 Å².